The molecule has 0 saturated carbocycles. The second kappa shape index (κ2) is 10.2. The first-order chi connectivity index (χ1) is 14.5. The molecule has 0 fully saturated rings. The van der Waals surface area contributed by atoms with Crippen LogP contribution in [0.5, 0.6) is 0 Å². The van der Waals surface area contributed by atoms with Gasteiger partial charge in [0.25, 0.3) is 0 Å². The van der Waals surface area contributed by atoms with E-state index in [4.69, 9.17) is 4.74 Å². The number of hydrogen-bond acceptors (Lipinski definition) is 5. The van der Waals surface area contributed by atoms with Gasteiger partial charge in [0.1, 0.15) is 0 Å². The minimum atomic E-state index is -0.452. The molecule has 1 heterocycles. The van der Waals surface area contributed by atoms with Crippen LogP contribution in [0.4, 0.5) is 5.13 Å². The van der Waals surface area contributed by atoms with Crippen molar-refractivity contribution in [3.63, 3.8) is 0 Å². The first kappa shape index (κ1) is 21.7. The number of benzene rings is 2. The maximum Gasteiger partial charge on any atom is 0.358 e. The van der Waals surface area contributed by atoms with E-state index in [0.717, 1.165) is 21.6 Å². The number of rotatable bonds is 8. The van der Waals surface area contributed by atoms with Gasteiger partial charge in [0, 0.05) is 11.4 Å². The predicted molar refractivity (Wildman–Crippen MR) is 120 cm³/mol. The first-order valence-electron chi connectivity index (χ1n) is 10.0. The Morgan fingerprint density at radius 3 is 2.43 bits per heavy atom. The van der Waals surface area contributed by atoms with E-state index in [1.54, 1.807) is 11.8 Å². The largest absolute Gasteiger partial charge is 0.461 e. The van der Waals surface area contributed by atoms with Crippen LogP contribution < -0.4 is 4.90 Å². The molecule has 1 aromatic heterocycles. The number of thiazole rings is 1. The number of amides is 1. The lowest BCUT2D eigenvalue weighted by molar-refractivity contribution is -0.118. The van der Waals surface area contributed by atoms with Crippen LogP contribution in [0.25, 0.3) is 0 Å². The molecule has 0 N–H and O–H groups in total. The molecule has 0 aliphatic carbocycles. The highest BCUT2D eigenvalue weighted by Gasteiger charge is 2.24. The van der Waals surface area contributed by atoms with Crippen molar-refractivity contribution in [1.82, 2.24) is 4.98 Å². The second-order valence-corrected chi connectivity index (χ2v) is 8.19. The summed E-state index contributed by atoms with van der Waals surface area (Å²) in [6.07, 6.45) is 0.989. The quantitative estimate of drug-likeness (QED) is 0.491. The summed E-state index contributed by atoms with van der Waals surface area (Å²) in [6, 6.07) is 17.9. The molecule has 5 nitrogen and oxygen atoms in total. The lowest BCUT2D eigenvalue weighted by Gasteiger charge is -2.20. The van der Waals surface area contributed by atoms with Crippen molar-refractivity contribution in [2.75, 3.05) is 18.1 Å². The summed E-state index contributed by atoms with van der Waals surface area (Å²) in [7, 11) is 0. The number of anilines is 1. The molecular formula is C24H26N2O3S. The molecule has 3 aromatic rings. The van der Waals surface area contributed by atoms with Crippen molar-refractivity contribution in [2.45, 2.75) is 33.6 Å². The highest BCUT2D eigenvalue weighted by molar-refractivity contribution is 7.16. The van der Waals surface area contributed by atoms with Gasteiger partial charge in [-0.25, -0.2) is 9.78 Å². The fourth-order valence-corrected chi connectivity index (χ4v) is 4.11. The third-order valence-corrected chi connectivity index (χ3v) is 5.85. The number of carbonyl (C=O) groups is 2. The second-order valence-electron chi connectivity index (χ2n) is 7.01. The van der Waals surface area contributed by atoms with Gasteiger partial charge < -0.3 is 4.74 Å². The molecule has 0 bridgehead atoms. The zero-order valence-corrected chi connectivity index (χ0v) is 18.4. The third kappa shape index (κ3) is 5.33. The fourth-order valence-electron chi connectivity index (χ4n) is 3.17. The van der Waals surface area contributed by atoms with Crippen LogP contribution in [0.15, 0.2) is 54.6 Å². The van der Waals surface area contributed by atoms with Gasteiger partial charge in [0.15, 0.2) is 10.8 Å². The van der Waals surface area contributed by atoms with E-state index in [1.165, 1.54) is 11.3 Å². The lowest BCUT2D eigenvalue weighted by atomic mass is 10.1. The number of carbonyl (C=O) groups excluding carboxylic acids is 2. The third-order valence-electron chi connectivity index (χ3n) is 4.86. The van der Waals surface area contributed by atoms with Gasteiger partial charge in [-0.3, -0.25) is 9.69 Å². The zero-order chi connectivity index (χ0) is 21.5. The Morgan fingerprint density at radius 1 is 1.03 bits per heavy atom. The van der Waals surface area contributed by atoms with Crippen LogP contribution >= 0.6 is 11.3 Å². The Bertz CT molecular complexity index is 1010. The van der Waals surface area contributed by atoms with Crippen LogP contribution in [0.3, 0.4) is 0 Å². The van der Waals surface area contributed by atoms with Gasteiger partial charge >= 0.3 is 5.97 Å². The minimum absolute atomic E-state index is 0.0376. The van der Waals surface area contributed by atoms with E-state index in [2.05, 4.69) is 4.98 Å². The summed E-state index contributed by atoms with van der Waals surface area (Å²) in [5.74, 6) is -0.490. The van der Waals surface area contributed by atoms with E-state index in [-0.39, 0.29) is 24.6 Å². The number of esters is 1. The van der Waals surface area contributed by atoms with Gasteiger partial charge in [-0.1, -0.05) is 54.6 Å². The number of aromatic nitrogens is 1. The molecule has 0 saturated heterocycles. The topological polar surface area (TPSA) is 59.5 Å². The van der Waals surface area contributed by atoms with E-state index in [0.29, 0.717) is 18.1 Å². The standard InChI is InChI=1S/C24H26N2O3S/c1-4-29-23(28)22-18(3)30-24(25-22)26(15-14-19-11-6-5-7-12-19)21(27)16-20-13-9-8-10-17(20)2/h5-13H,4,14-16H2,1-3H3. The summed E-state index contributed by atoms with van der Waals surface area (Å²) in [6.45, 7) is 6.37. The highest BCUT2D eigenvalue weighted by Crippen LogP contribution is 2.27. The van der Waals surface area contributed by atoms with Crippen molar-refractivity contribution in [2.24, 2.45) is 0 Å². The van der Waals surface area contributed by atoms with E-state index < -0.39 is 5.97 Å². The first-order valence-corrected chi connectivity index (χ1v) is 10.8. The van der Waals surface area contributed by atoms with Crippen molar-refractivity contribution >= 4 is 28.3 Å². The number of ether oxygens (including phenoxy) is 1. The van der Waals surface area contributed by atoms with Gasteiger partial charge in [-0.15, -0.1) is 11.3 Å². The molecule has 3 rings (SSSR count). The minimum Gasteiger partial charge on any atom is -0.461 e. The highest BCUT2D eigenvalue weighted by atomic mass is 32.1. The average Bonchev–Trinajstić information content (AvgIpc) is 3.12. The Morgan fingerprint density at radius 2 is 1.73 bits per heavy atom. The zero-order valence-electron chi connectivity index (χ0n) is 17.6. The summed E-state index contributed by atoms with van der Waals surface area (Å²) in [5.41, 5.74) is 3.50. The number of aryl methyl sites for hydroxylation is 2. The monoisotopic (exact) mass is 422 g/mol. The molecule has 30 heavy (non-hydrogen) atoms. The van der Waals surface area contributed by atoms with E-state index in [1.807, 2.05) is 68.4 Å². The van der Waals surface area contributed by atoms with Gasteiger partial charge in [-0.05, 0) is 43.9 Å². The molecule has 0 atom stereocenters. The van der Waals surface area contributed by atoms with Crippen LogP contribution in [0, 0.1) is 13.8 Å². The molecule has 156 valence electrons. The summed E-state index contributed by atoms with van der Waals surface area (Å²) < 4.78 is 5.10. The van der Waals surface area contributed by atoms with E-state index >= 15 is 0 Å². The Kier molecular flexibility index (Phi) is 7.36. The Labute approximate surface area is 181 Å². The molecule has 0 aliphatic rings. The van der Waals surface area contributed by atoms with Gasteiger partial charge in [-0.2, -0.15) is 0 Å². The molecule has 6 heteroatoms. The van der Waals surface area contributed by atoms with Crippen LogP contribution in [-0.2, 0) is 22.4 Å². The van der Waals surface area contributed by atoms with Gasteiger partial charge in [0.2, 0.25) is 5.91 Å². The van der Waals surface area contributed by atoms with Crippen molar-refractivity contribution in [1.29, 1.82) is 0 Å². The molecule has 2 aromatic carbocycles. The van der Waals surface area contributed by atoms with Crippen molar-refractivity contribution in [3.05, 3.63) is 81.9 Å². The number of hydrogen-bond donors (Lipinski definition) is 0. The Balaban J connectivity index is 1.87. The molecule has 0 spiro atoms. The van der Waals surface area contributed by atoms with Crippen LogP contribution in [-0.4, -0.2) is 30.0 Å². The number of nitrogens with zero attached hydrogens (tertiary/aromatic N) is 2. The van der Waals surface area contributed by atoms with Gasteiger partial charge in [0.05, 0.1) is 13.0 Å². The molecule has 1 amide bonds. The van der Waals surface area contributed by atoms with Crippen molar-refractivity contribution < 1.29 is 14.3 Å². The normalized spacial score (nSPS) is 10.6. The van der Waals surface area contributed by atoms with E-state index in [9.17, 15) is 9.59 Å². The van der Waals surface area contributed by atoms with Crippen molar-refractivity contribution in [3.8, 4) is 0 Å². The van der Waals surface area contributed by atoms with Crippen LogP contribution in [0.2, 0.25) is 0 Å². The maximum atomic E-state index is 13.3. The average molecular weight is 423 g/mol. The molecule has 0 unspecified atom stereocenters. The SMILES string of the molecule is CCOC(=O)c1nc(N(CCc2ccccc2)C(=O)Cc2ccccc2C)sc1C. The smallest absolute Gasteiger partial charge is 0.358 e. The van der Waals surface area contributed by atoms with Crippen LogP contribution in [0.1, 0.15) is 39.0 Å². The summed E-state index contributed by atoms with van der Waals surface area (Å²) in [4.78, 5) is 32.4. The summed E-state index contributed by atoms with van der Waals surface area (Å²) >= 11 is 1.35. The fraction of sp³-hybridized carbons (Fsp3) is 0.292. The molecular weight excluding hydrogens is 396 g/mol. The summed E-state index contributed by atoms with van der Waals surface area (Å²) in [5, 5.41) is 0.532. The molecule has 0 radical (unpaired) electrons. The maximum absolute atomic E-state index is 13.3. The Hall–Kier alpha value is -2.99. The molecule has 0 aliphatic heterocycles. The lowest BCUT2D eigenvalue weighted by Crippen LogP contribution is -2.34. The predicted octanol–water partition coefficient (Wildman–Crippen LogP) is 4.76.